The van der Waals surface area contributed by atoms with Crippen molar-refractivity contribution < 1.29 is 14.3 Å². The van der Waals surface area contributed by atoms with Crippen LogP contribution >= 0.6 is 11.8 Å². The topological polar surface area (TPSA) is 60.5 Å². The van der Waals surface area contributed by atoms with Gasteiger partial charge in [-0.2, -0.15) is 0 Å². The average molecular weight is 397 g/mol. The molecule has 0 aliphatic heterocycles. The van der Waals surface area contributed by atoms with Gasteiger partial charge in [0.2, 0.25) is 5.91 Å². The summed E-state index contributed by atoms with van der Waals surface area (Å²) in [7, 11) is 3.16. The first-order chi connectivity index (χ1) is 13.5. The number of methoxy groups -OCH3 is 2. The largest absolute Gasteiger partial charge is 0.497 e. The minimum atomic E-state index is -0.0651. The predicted octanol–water partition coefficient (Wildman–Crippen LogP) is 4.99. The van der Waals surface area contributed by atoms with Crippen molar-refractivity contribution in [3.8, 4) is 11.5 Å². The van der Waals surface area contributed by atoms with Gasteiger partial charge in [-0.05, 0) is 43.2 Å². The fraction of sp³-hybridized carbons (Fsp3) is 0.273. The molecule has 2 aromatic carbocycles. The number of carbonyl (C=O) groups is 1. The van der Waals surface area contributed by atoms with Crippen LogP contribution in [0.2, 0.25) is 0 Å². The van der Waals surface area contributed by atoms with Gasteiger partial charge < -0.3 is 14.8 Å². The van der Waals surface area contributed by atoms with Gasteiger partial charge in [0, 0.05) is 23.6 Å². The van der Waals surface area contributed by atoms with Crippen molar-refractivity contribution >= 4 is 34.3 Å². The van der Waals surface area contributed by atoms with Gasteiger partial charge in [-0.1, -0.05) is 18.2 Å². The molecule has 0 saturated carbocycles. The van der Waals surface area contributed by atoms with Crippen molar-refractivity contribution in [2.24, 2.45) is 0 Å². The number of rotatable bonds is 7. The second-order valence-corrected chi connectivity index (χ2v) is 7.58. The summed E-state index contributed by atoms with van der Waals surface area (Å²) in [6, 6.07) is 13.6. The van der Waals surface area contributed by atoms with Gasteiger partial charge in [-0.3, -0.25) is 4.79 Å². The first-order valence-electron chi connectivity index (χ1n) is 9.03. The number of pyridine rings is 1. The standard InChI is InChI=1S/C22H24N2O3S/c1-14-6-5-7-17-15(2)12-21(24-22(14)17)28-11-10-20(25)23-18-9-8-16(26-3)13-19(18)27-4/h5-9,12-13H,10-11H2,1-4H3,(H,23,25). The highest BCUT2D eigenvalue weighted by atomic mass is 32.2. The third kappa shape index (κ3) is 4.57. The molecule has 0 spiro atoms. The lowest BCUT2D eigenvalue weighted by Gasteiger charge is -2.12. The van der Waals surface area contributed by atoms with Gasteiger partial charge in [-0.15, -0.1) is 11.8 Å². The van der Waals surface area contributed by atoms with Crippen molar-refractivity contribution in [1.82, 2.24) is 4.98 Å². The molecular formula is C22H24N2O3S. The third-order valence-electron chi connectivity index (χ3n) is 4.49. The summed E-state index contributed by atoms with van der Waals surface area (Å²) >= 11 is 1.59. The molecule has 3 aromatic rings. The lowest BCUT2D eigenvalue weighted by atomic mass is 10.1. The maximum Gasteiger partial charge on any atom is 0.225 e. The van der Waals surface area contributed by atoms with Crippen LogP contribution in [0.4, 0.5) is 5.69 Å². The lowest BCUT2D eigenvalue weighted by Crippen LogP contribution is -2.13. The summed E-state index contributed by atoms with van der Waals surface area (Å²) in [4.78, 5) is 17.1. The van der Waals surface area contributed by atoms with Crippen LogP contribution in [0.1, 0.15) is 17.5 Å². The van der Waals surface area contributed by atoms with E-state index in [-0.39, 0.29) is 5.91 Å². The van der Waals surface area contributed by atoms with Crippen LogP contribution < -0.4 is 14.8 Å². The van der Waals surface area contributed by atoms with E-state index in [4.69, 9.17) is 14.5 Å². The van der Waals surface area contributed by atoms with E-state index in [9.17, 15) is 4.79 Å². The Hall–Kier alpha value is -2.73. The molecule has 28 heavy (non-hydrogen) atoms. The fourth-order valence-electron chi connectivity index (χ4n) is 2.97. The van der Waals surface area contributed by atoms with Gasteiger partial charge in [0.15, 0.2) is 0 Å². The number of thioether (sulfide) groups is 1. The quantitative estimate of drug-likeness (QED) is 0.570. The number of hydrogen-bond acceptors (Lipinski definition) is 5. The van der Waals surface area contributed by atoms with E-state index in [2.05, 4.69) is 43.4 Å². The zero-order valence-electron chi connectivity index (χ0n) is 16.5. The van der Waals surface area contributed by atoms with Crippen LogP contribution in [0.3, 0.4) is 0 Å². The second-order valence-electron chi connectivity index (χ2n) is 6.46. The molecule has 5 nitrogen and oxygen atoms in total. The lowest BCUT2D eigenvalue weighted by molar-refractivity contribution is -0.115. The van der Waals surface area contributed by atoms with E-state index >= 15 is 0 Å². The number of hydrogen-bond donors (Lipinski definition) is 1. The number of para-hydroxylation sites is 1. The average Bonchev–Trinajstić information content (AvgIpc) is 2.69. The van der Waals surface area contributed by atoms with Crippen LogP contribution in [-0.2, 0) is 4.79 Å². The first kappa shape index (κ1) is 20.0. The number of benzene rings is 2. The van der Waals surface area contributed by atoms with Crippen LogP contribution in [0, 0.1) is 13.8 Å². The zero-order chi connectivity index (χ0) is 20.1. The monoisotopic (exact) mass is 396 g/mol. The summed E-state index contributed by atoms with van der Waals surface area (Å²) in [6.07, 6.45) is 0.381. The number of amides is 1. The number of fused-ring (bicyclic) bond motifs is 1. The van der Waals surface area contributed by atoms with E-state index in [0.29, 0.717) is 29.4 Å². The molecule has 146 valence electrons. The highest BCUT2D eigenvalue weighted by Crippen LogP contribution is 2.30. The molecule has 6 heteroatoms. The minimum Gasteiger partial charge on any atom is -0.497 e. The number of aromatic nitrogens is 1. The van der Waals surface area contributed by atoms with Gasteiger partial charge in [0.25, 0.3) is 0 Å². The van der Waals surface area contributed by atoms with Gasteiger partial charge in [0.1, 0.15) is 11.5 Å². The Labute approximate surface area is 169 Å². The summed E-state index contributed by atoms with van der Waals surface area (Å²) in [6.45, 7) is 4.16. The van der Waals surface area contributed by atoms with Gasteiger partial charge >= 0.3 is 0 Å². The van der Waals surface area contributed by atoms with Crippen molar-refractivity contribution in [2.45, 2.75) is 25.3 Å². The number of aryl methyl sites for hydroxylation is 2. The maximum absolute atomic E-state index is 12.3. The highest BCUT2D eigenvalue weighted by molar-refractivity contribution is 7.99. The van der Waals surface area contributed by atoms with Gasteiger partial charge in [-0.25, -0.2) is 4.98 Å². The SMILES string of the molecule is COc1ccc(NC(=O)CCSc2cc(C)c3cccc(C)c3n2)c(OC)c1. The van der Waals surface area contributed by atoms with Crippen LogP contribution in [0.5, 0.6) is 11.5 Å². The third-order valence-corrected chi connectivity index (χ3v) is 5.40. The summed E-state index contributed by atoms with van der Waals surface area (Å²) in [5, 5.41) is 5.01. The van der Waals surface area contributed by atoms with Gasteiger partial charge in [0.05, 0.1) is 30.4 Å². The van der Waals surface area contributed by atoms with E-state index in [0.717, 1.165) is 16.1 Å². The van der Waals surface area contributed by atoms with E-state index in [1.807, 2.05) is 0 Å². The molecular weight excluding hydrogens is 372 g/mol. The molecule has 1 amide bonds. The van der Waals surface area contributed by atoms with Crippen molar-refractivity contribution in [1.29, 1.82) is 0 Å². The Bertz CT molecular complexity index is 1000. The molecule has 1 aromatic heterocycles. The molecule has 3 rings (SSSR count). The summed E-state index contributed by atoms with van der Waals surface area (Å²) < 4.78 is 10.5. The second kappa shape index (κ2) is 8.97. The Morgan fingerprint density at radius 2 is 1.89 bits per heavy atom. The number of nitrogens with one attached hydrogen (secondary N) is 1. The molecule has 1 heterocycles. The first-order valence-corrected chi connectivity index (χ1v) is 10.0. The summed E-state index contributed by atoms with van der Waals surface area (Å²) in [5.41, 5.74) is 4.02. The molecule has 0 fully saturated rings. The minimum absolute atomic E-state index is 0.0651. The molecule has 0 radical (unpaired) electrons. The molecule has 0 unspecified atom stereocenters. The number of nitrogens with zero attached hydrogens (tertiary/aromatic N) is 1. The fourth-order valence-corrected chi connectivity index (χ4v) is 3.88. The molecule has 0 aliphatic carbocycles. The number of ether oxygens (including phenoxy) is 2. The van der Waals surface area contributed by atoms with Crippen molar-refractivity contribution in [2.75, 3.05) is 25.3 Å². The normalized spacial score (nSPS) is 10.7. The van der Waals surface area contributed by atoms with Crippen molar-refractivity contribution in [3.05, 3.63) is 53.6 Å². The Morgan fingerprint density at radius 3 is 2.64 bits per heavy atom. The van der Waals surface area contributed by atoms with Crippen LogP contribution in [0.15, 0.2) is 47.5 Å². The molecule has 0 saturated heterocycles. The van der Waals surface area contributed by atoms with Crippen molar-refractivity contribution in [3.63, 3.8) is 0 Å². The Kier molecular flexibility index (Phi) is 6.41. The maximum atomic E-state index is 12.3. The molecule has 0 bridgehead atoms. The van der Waals surface area contributed by atoms with Crippen LogP contribution in [0.25, 0.3) is 10.9 Å². The predicted molar refractivity (Wildman–Crippen MR) is 115 cm³/mol. The molecule has 0 atom stereocenters. The van der Waals surface area contributed by atoms with E-state index < -0.39 is 0 Å². The molecule has 1 N–H and O–H groups in total. The van der Waals surface area contributed by atoms with Crippen LogP contribution in [-0.4, -0.2) is 30.9 Å². The number of carbonyl (C=O) groups excluding carboxylic acids is 1. The Morgan fingerprint density at radius 1 is 1.07 bits per heavy atom. The highest BCUT2D eigenvalue weighted by Gasteiger charge is 2.10. The van der Waals surface area contributed by atoms with E-state index in [1.165, 1.54) is 10.9 Å². The molecule has 0 aliphatic rings. The summed E-state index contributed by atoms with van der Waals surface area (Å²) in [5.74, 6) is 1.83. The smallest absolute Gasteiger partial charge is 0.225 e. The Balaban J connectivity index is 1.62. The zero-order valence-corrected chi connectivity index (χ0v) is 17.4. The van der Waals surface area contributed by atoms with E-state index in [1.54, 1.807) is 44.2 Å². The number of anilines is 1.